The molecule has 1 saturated heterocycles. The second kappa shape index (κ2) is 6.15. The average molecular weight is 330 g/mol. The molecule has 0 bridgehead atoms. The molecule has 1 aromatic rings. The third-order valence-corrected chi connectivity index (χ3v) is 6.02. The van der Waals surface area contributed by atoms with Crippen molar-refractivity contribution in [3.05, 3.63) is 30.1 Å². The van der Waals surface area contributed by atoms with Gasteiger partial charge in [-0.2, -0.15) is 0 Å². The van der Waals surface area contributed by atoms with Gasteiger partial charge < -0.3 is 9.80 Å². The minimum atomic E-state index is 0.170. The van der Waals surface area contributed by atoms with Crippen molar-refractivity contribution >= 4 is 22.8 Å². The predicted octanol–water partition coefficient (Wildman–Crippen LogP) is 1.82. The van der Waals surface area contributed by atoms with Gasteiger partial charge in [-0.15, -0.1) is 0 Å². The molecule has 122 valence electrons. The Hall–Kier alpha value is -1.56. The smallest absolute Gasteiger partial charge is 0.226 e. The van der Waals surface area contributed by atoms with Gasteiger partial charge in [0, 0.05) is 49.7 Å². The molecule has 1 aliphatic carbocycles. The van der Waals surface area contributed by atoms with E-state index in [1.165, 1.54) is 10.7 Å². The zero-order chi connectivity index (χ0) is 15.8. The average Bonchev–Trinajstić information content (AvgIpc) is 3.29. The summed E-state index contributed by atoms with van der Waals surface area (Å²) in [6, 6.07) is 4.04. The normalized spacial score (nSPS) is 30.3. The summed E-state index contributed by atoms with van der Waals surface area (Å²) in [4.78, 5) is 25.8. The van der Waals surface area contributed by atoms with E-state index >= 15 is 0 Å². The highest BCUT2D eigenvalue weighted by Crippen LogP contribution is 2.48. The minimum Gasteiger partial charge on any atom is -0.348 e. The number of rotatable bonds is 2. The van der Waals surface area contributed by atoms with Crippen molar-refractivity contribution < 1.29 is 4.79 Å². The number of aliphatic imine (C=N–C) groups is 1. The highest BCUT2D eigenvalue weighted by Gasteiger charge is 2.46. The molecule has 5 nitrogen and oxygen atoms in total. The standard InChI is InChI=1S/C17H22N4OS/c1-12-10-19-17(23-12)21-7-5-20(6-8-21)16(22)15-9-14(15)13-3-2-4-18-11-13/h2-4,11-12,14-15H,5-10H2,1H3/t12-,14+,15+/m1/s1. The molecule has 1 amide bonds. The molecule has 2 aliphatic heterocycles. The summed E-state index contributed by atoms with van der Waals surface area (Å²) < 4.78 is 0. The van der Waals surface area contributed by atoms with Gasteiger partial charge in [-0.05, 0) is 24.0 Å². The number of amides is 1. The van der Waals surface area contributed by atoms with E-state index in [1.807, 2.05) is 28.9 Å². The fourth-order valence-corrected chi connectivity index (χ4v) is 4.41. The molecule has 23 heavy (non-hydrogen) atoms. The summed E-state index contributed by atoms with van der Waals surface area (Å²) in [5.41, 5.74) is 1.20. The third-order valence-electron chi connectivity index (χ3n) is 4.87. The van der Waals surface area contributed by atoms with E-state index < -0.39 is 0 Å². The number of hydrogen-bond acceptors (Lipinski definition) is 5. The first kappa shape index (κ1) is 15.0. The molecule has 3 aliphatic rings. The van der Waals surface area contributed by atoms with Crippen LogP contribution in [0.15, 0.2) is 29.5 Å². The first-order chi connectivity index (χ1) is 11.2. The number of pyridine rings is 1. The number of nitrogens with zero attached hydrogens (tertiary/aromatic N) is 4. The summed E-state index contributed by atoms with van der Waals surface area (Å²) in [5, 5.41) is 1.76. The van der Waals surface area contributed by atoms with Gasteiger partial charge in [0.2, 0.25) is 5.91 Å². The summed E-state index contributed by atoms with van der Waals surface area (Å²) >= 11 is 1.86. The molecule has 1 saturated carbocycles. The number of aromatic nitrogens is 1. The Morgan fingerprint density at radius 2 is 2.13 bits per heavy atom. The number of piperazine rings is 1. The van der Waals surface area contributed by atoms with Crippen molar-refractivity contribution in [2.75, 3.05) is 32.7 Å². The van der Waals surface area contributed by atoms with Crippen molar-refractivity contribution in [2.45, 2.75) is 24.5 Å². The fourth-order valence-electron chi connectivity index (χ4n) is 3.42. The van der Waals surface area contributed by atoms with Gasteiger partial charge >= 0.3 is 0 Å². The second-order valence-electron chi connectivity index (χ2n) is 6.60. The van der Waals surface area contributed by atoms with E-state index in [4.69, 9.17) is 0 Å². The van der Waals surface area contributed by atoms with Gasteiger partial charge in [-0.1, -0.05) is 24.8 Å². The lowest BCUT2D eigenvalue weighted by molar-refractivity contribution is -0.133. The molecule has 2 fully saturated rings. The highest BCUT2D eigenvalue weighted by atomic mass is 32.2. The summed E-state index contributed by atoms with van der Waals surface area (Å²) in [6.45, 7) is 6.61. The van der Waals surface area contributed by atoms with Crippen LogP contribution >= 0.6 is 11.8 Å². The predicted molar refractivity (Wildman–Crippen MR) is 92.6 cm³/mol. The zero-order valence-corrected chi connectivity index (χ0v) is 14.2. The Morgan fingerprint density at radius 3 is 2.78 bits per heavy atom. The fraction of sp³-hybridized carbons (Fsp3) is 0.588. The molecule has 6 heteroatoms. The number of carbonyl (C=O) groups is 1. The Morgan fingerprint density at radius 1 is 1.30 bits per heavy atom. The van der Waals surface area contributed by atoms with Crippen LogP contribution < -0.4 is 0 Å². The Labute approximate surface area is 141 Å². The van der Waals surface area contributed by atoms with Crippen molar-refractivity contribution in [3.63, 3.8) is 0 Å². The van der Waals surface area contributed by atoms with Crippen LogP contribution in [0.25, 0.3) is 0 Å². The molecule has 0 N–H and O–H groups in total. The Bertz CT molecular complexity index is 612. The molecule has 0 radical (unpaired) electrons. The van der Waals surface area contributed by atoms with E-state index in [1.54, 1.807) is 6.20 Å². The number of amidine groups is 1. The van der Waals surface area contributed by atoms with Crippen molar-refractivity contribution in [1.82, 2.24) is 14.8 Å². The van der Waals surface area contributed by atoms with Crippen LogP contribution in [0.1, 0.15) is 24.8 Å². The maximum atomic E-state index is 12.7. The SMILES string of the molecule is C[C@@H]1CN=C(N2CCN(C(=O)[C@H]3C[C@H]3c3cccnc3)CC2)S1. The van der Waals surface area contributed by atoms with E-state index in [-0.39, 0.29) is 5.92 Å². The third kappa shape index (κ3) is 3.09. The maximum Gasteiger partial charge on any atom is 0.226 e. The van der Waals surface area contributed by atoms with Crippen LogP contribution in [-0.4, -0.2) is 63.8 Å². The molecular weight excluding hydrogens is 308 g/mol. The van der Waals surface area contributed by atoms with Gasteiger partial charge in [-0.3, -0.25) is 14.8 Å². The van der Waals surface area contributed by atoms with Crippen molar-refractivity contribution in [3.8, 4) is 0 Å². The molecule has 4 rings (SSSR count). The maximum absolute atomic E-state index is 12.7. The molecule has 0 unspecified atom stereocenters. The monoisotopic (exact) mass is 330 g/mol. The van der Waals surface area contributed by atoms with E-state index in [2.05, 4.69) is 27.9 Å². The van der Waals surface area contributed by atoms with Crippen LogP contribution in [-0.2, 0) is 4.79 Å². The molecule has 0 spiro atoms. The van der Waals surface area contributed by atoms with E-state index in [0.717, 1.165) is 39.1 Å². The minimum absolute atomic E-state index is 0.170. The number of carbonyl (C=O) groups excluding carboxylic acids is 1. The van der Waals surface area contributed by atoms with Crippen LogP contribution in [0.5, 0.6) is 0 Å². The topological polar surface area (TPSA) is 48.8 Å². The summed E-state index contributed by atoms with van der Waals surface area (Å²) in [5.74, 6) is 0.877. The quantitative estimate of drug-likeness (QED) is 0.830. The number of hydrogen-bond donors (Lipinski definition) is 0. The Balaban J connectivity index is 1.30. The van der Waals surface area contributed by atoms with Gasteiger partial charge in [0.05, 0.1) is 6.54 Å². The number of thioether (sulfide) groups is 1. The van der Waals surface area contributed by atoms with E-state index in [0.29, 0.717) is 17.1 Å². The molecule has 3 atom stereocenters. The lowest BCUT2D eigenvalue weighted by atomic mass is 10.1. The molecular formula is C17H22N4OS. The van der Waals surface area contributed by atoms with E-state index in [9.17, 15) is 4.79 Å². The lowest BCUT2D eigenvalue weighted by Crippen LogP contribution is -2.50. The van der Waals surface area contributed by atoms with Gasteiger partial charge in [0.1, 0.15) is 0 Å². The van der Waals surface area contributed by atoms with Gasteiger partial charge in [-0.25, -0.2) is 0 Å². The first-order valence-electron chi connectivity index (χ1n) is 8.37. The summed E-state index contributed by atoms with van der Waals surface area (Å²) in [6.07, 6.45) is 4.66. The van der Waals surface area contributed by atoms with Crippen LogP contribution in [0.4, 0.5) is 0 Å². The van der Waals surface area contributed by atoms with Crippen LogP contribution in [0.2, 0.25) is 0 Å². The summed E-state index contributed by atoms with van der Waals surface area (Å²) in [7, 11) is 0. The first-order valence-corrected chi connectivity index (χ1v) is 9.25. The molecule has 1 aromatic heterocycles. The van der Waals surface area contributed by atoms with Gasteiger partial charge in [0.15, 0.2) is 5.17 Å². The van der Waals surface area contributed by atoms with Gasteiger partial charge in [0.25, 0.3) is 0 Å². The molecule has 3 heterocycles. The van der Waals surface area contributed by atoms with Crippen molar-refractivity contribution in [1.29, 1.82) is 0 Å². The van der Waals surface area contributed by atoms with Crippen LogP contribution in [0, 0.1) is 5.92 Å². The second-order valence-corrected chi connectivity index (χ2v) is 8.00. The Kier molecular flexibility index (Phi) is 4.01. The van der Waals surface area contributed by atoms with Crippen molar-refractivity contribution in [2.24, 2.45) is 10.9 Å². The lowest BCUT2D eigenvalue weighted by Gasteiger charge is -2.35. The van der Waals surface area contributed by atoms with Crippen LogP contribution in [0.3, 0.4) is 0 Å². The zero-order valence-electron chi connectivity index (χ0n) is 13.4. The molecule has 0 aromatic carbocycles. The highest BCUT2D eigenvalue weighted by molar-refractivity contribution is 8.14. The largest absolute Gasteiger partial charge is 0.348 e.